The molecule has 0 aliphatic carbocycles. The Morgan fingerprint density at radius 3 is 2.62 bits per heavy atom. The molecule has 0 saturated carbocycles. The van der Waals surface area contributed by atoms with Crippen LogP contribution in [0.4, 0.5) is 5.69 Å². The maximum absolute atomic E-state index is 11.0. The average molecular weight is 305 g/mol. The largest absolute Gasteiger partial charge is 0.450 e. The Labute approximate surface area is 124 Å². The zero-order chi connectivity index (χ0) is 15.4. The monoisotopic (exact) mass is 304 g/mol. The van der Waals surface area contributed by atoms with Gasteiger partial charge in [-0.3, -0.25) is 10.1 Å². The quantitative estimate of drug-likeness (QED) is 0.689. The highest BCUT2D eigenvalue weighted by atomic mass is 35.5. The maximum atomic E-state index is 11.0. The third-order valence-electron chi connectivity index (χ3n) is 2.70. The molecule has 7 heteroatoms. The van der Waals surface area contributed by atoms with Crippen molar-refractivity contribution in [3.05, 3.63) is 62.7 Å². The molecule has 2 rings (SSSR count). The highest BCUT2D eigenvalue weighted by molar-refractivity contribution is 6.30. The minimum absolute atomic E-state index is 0.0176. The zero-order valence-corrected chi connectivity index (χ0v) is 11.4. The van der Waals surface area contributed by atoms with E-state index < -0.39 is 4.92 Å². The molecule has 21 heavy (non-hydrogen) atoms. The number of aliphatic hydroxyl groups is 1. The predicted molar refractivity (Wildman–Crippen MR) is 75.3 cm³/mol. The van der Waals surface area contributed by atoms with Crippen molar-refractivity contribution in [3.63, 3.8) is 0 Å². The number of nitro groups is 1. The third-order valence-corrected chi connectivity index (χ3v) is 2.93. The van der Waals surface area contributed by atoms with E-state index in [1.807, 2.05) is 6.07 Å². The number of aliphatic hydroxyl groups excluding tert-OH is 1. The van der Waals surface area contributed by atoms with E-state index in [1.54, 1.807) is 6.07 Å². The number of hydrogen-bond donors (Lipinski definition) is 1. The van der Waals surface area contributed by atoms with Gasteiger partial charge < -0.3 is 9.84 Å². The lowest BCUT2D eigenvalue weighted by atomic mass is 10.2. The molecule has 2 aromatic rings. The molecule has 0 unspecified atom stereocenters. The van der Waals surface area contributed by atoms with Crippen LogP contribution >= 0.6 is 11.6 Å². The molecule has 0 aliphatic heterocycles. The molecule has 0 atom stereocenters. The third kappa shape index (κ3) is 3.28. The van der Waals surface area contributed by atoms with Crippen LogP contribution < -0.4 is 4.74 Å². The van der Waals surface area contributed by atoms with Gasteiger partial charge in [-0.2, -0.15) is 5.26 Å². The van der Waals surface area contributed by atoms with E-state index in [-0.39, 0.29) is 29.4 Å². The summed E-state index contributed by atoms with van der Waals surface area (Å²) in [5.41, 5.74) is 0.238. The van der Waals surface area contributed by atoms with E-state index in [4.69, 9.17) is 21.6 Å². The number of halogens is 1. The van der Waals surface area contributed by atoms with Crippen LogP contribution in [0.25, 0.3) is 0 Å². The highest BCUT2D eigenvalue weighted by Crippen LogP contribution is 2.34. The summed E-state index contributed by atoms with van der Waals surface area (Å²) >= 11 is 5.81. The van der Waals surface area contributed by atoms with Crippen LogP contribution in [0.3, 0.4) is 0 Å². The molecule has 0 fully saturated rings. The smallest absolute Gasteiger partial charge is 0.312 e. The molecule has 1 N–H and O–H groups in total. The van der Waals surface area contributed by atoms with Crippen LogP contribution in [0.2, 0.25) is 5.02 Å². The predicted octanol–water partition coefficient (Wildman–Crippen LogP) is 3.40. The van der Waals surface area contributed by atoms with E-state index in [2.05, 4.69) is 0 Å². The first-order valence-electron chi connectivity index (χ1n) is 5.81. The van der Waals surface area contributed by atoms with Crippen molar-refractivity contribution in [3.8, 4) is 17.6 Å². The number of hydrogen-bond acceptors (Lipinski definition) is 5. The number of ether oxygens (including phenoxy) is 1. The molecular weight excluding hydrogens is 296 g/mol. The van der Waals surface area contributed by atoms with Crippen molar-refractivity contribution in [1.29, 1.82) is 5.26 Å². The normalized spacial score (nSPS) is 9.95. The summed E-state index contributed by atoms with van der Waals surface area (Å²) in [6, 6.07) is 10.3. The van der Waals surface area contributed by atoms with Crippen molar-refractivity contribution >= 4 is 17.3 Å². The second-order valence-corrected chi connectivity index (χ2v) is 4.50. The van der Waals surface area contributed by atoms with Crippen LogP contribution in [-0.2, 0) is 6.61 Å². The van der Waals surface area contributed by atoms with Crippen molar-refractivity contribution in [2.45, 2.75) is 6.61 Å². The molecule has 0 saturated heterocycles. The van der Waals surface area contributed by atoms with E-state index in [1.165, 1.54) is 24.3 Å². The van der Waals surface area contributed by atoms with Gasteiger partial charge in [-0.25, -0.2) is 0 Å². The summed E-state index contributed by atoms with van der Waals surface area (Å²) in [7, 11) is 0. The lowest BCUT2D eigenvalue weighted by Crippen LogP contribution is -1.96. The number of rotatable bonds is 4. The Bertz CT molecular complexity index is 740. The molecular formula is C14H9ClN2O4. The molecule has 106 valence electrons. The summed E-state index contributed by atoms with van der Waals surface area (Å²) in [6.45, 7) is -0.319. The zero-order valence-electron chi connectivity index (χ0n) is 10.6. The van der Waals surface area contributed by atoms with Gasteiger partial charge in [-0.05, 0) is 30.3 Å². The van der Waals surface area contributed by atoms with Gasteiger partial charge in [0.05, 0.1) is 23.2 Å². The minimum atomic E-state index is -0.634. The first-order chi connectivity index (χ1) is 10.0. The Kier molecular flexibility index (Phi) is 4.38. The fourth-order valence-electron chi connectivity index (χ4n) is 1.71. The maximum Gasteiger partial charge on any atom is 0.312 e. The van der Waals surface area contributed by atoms with Crippen molar-refractivity contribution in [1.82, 2.24) is 0 Å². The second kappa shape index (κ2) is 6.22. The van der Waals surface area contributed by atoms with E-state index in [0.717, 1.165) is 6.07 Å². The standard InChI is InChI=1S/C14H9ClN2O4/c15-11-2-4-13(10(6-11)8-18)21-14-3-1-9(7-16)5-12(14)17(19)20/h1-6,18H,8H2. The summed E-state index contributed by atoms with van der Waals surface area (Å²) in [4.78, 5) is 10.4. The Hall–Kier alpha value is -2.62. The topological polar surface area (TPSA) is 96.4 Å². The molecule has 0 spiro atoms. The van der Waals surface area contributed by atoms with Gasteiger partial charge in [-0.15, -0.1) is 0 Å². The van der Waals surface area contributed by atoms with Gasteiger partial charge in [0.15, 0.2) is 0 Å². The number of benzene rings is 2. The van der Waals surface area contributed by atoms with Crippen molar-refractivity contribution < 1.29 is 14.8 Å². The molecule has 0 amide bonds. The highest BCUT2D eigenvalue weighted by Gasteiger charge is 2.18. The van der Waals surface area contributed by atoms with Crippen molar-refractivity contribution in [2.24, 2.45) is 0 Å². The molecule has 6 nitrogen and oxygen atoms in total. The summed E-state index contributed by atoms with van der Waals surface area (Å²) < 4.78 is 5.48. The molecule has 0 aliphatic rings. The fraction of sp³-hybridized carbons (Fsp3) is 0.0714. The molecule has 0 bridgehead atoms. The molecule has 0 radical (unpaired) electrons. The van der Waals surface area contributed by atoms with Gasteiger partial charge in [-0.1, -0.05) is 11.6 Å². The van der Waals surface area contributed by atoms with Crippen LogP contribution in [0.15, 0.2) is 36.4 Å². The van der Waals surface area contributed by atoms with Gasteiger partial charge in [0.25, 0.3) is 0 Å². The molecule has 0 aromatic heterocycles. The first kappa shape index (κ1) is 14.8. The van der Waals surface area contributed by atoms with E-state index >= 15 is 0 Å². The van der Waals surface area contributed by atoms with Gasteiger partial charge in [0.2, 0.25) is 5.75 Å². The molecule has 0 heterocycles. The van der Waals surface area contributed by atoms with E-state index in [0.29, 0.717) is 10.6 Å². The Morgan fingerprint density at radius 2 is 2.00 bits per heavy atom. The number of nitriles is 1. The van der Waals surface area contributed by atoms with Gasteiger partial charge in [0.1, 0.15) is 5.75 Å². The van der Waals surface area contributed by atoms with Crippen molar-refractivity contribution in [2.75, 3.05) is 0 Å². The molecule has 2 aromatic carbocycles. The van der Waals surface area contributed by atoms with Crippen LogP contribution in [0.1, 0.15) is 11.1 Å². The lowest BCUT2D eigenvalue weighted by Gasteiger charge is -2.10. The first-order valence-corrected chi connectivity index (χ1v) is 6.18. The summed E-state index contributed by atoms with van der Waals surface area (Å²) in [5, 5.41) is 29.5. The van der Waals surface area contributed by atoms with Crippen LogP contribution in [0, 0.1) is 21.4 Å². The average Bonchev–Trinajstić information content (AvgIpc) is 2.49. The second-order valence-electron chi connectivity index (χ2n) is 4.06. The number of nitrogens with zero attached hydrogens (tertiary/aromatic N) is 2. The number of nitro benzene ring substituents is 1. The van der Waals surface area contributed by atoms with Gasteiger partial charge in [0, 0.05) is 16.7 Å². The van der Waals surface area contributed by atoms with Crippen LogP contribution in [-0.4, -0.2) is 10.0 Å². The van der Waals surface area contributed by atoms with Gasteiger partial charge >= 0.3 is 5.69 Å². The Morgan fingerprint density at radius 1 is 1.29 bits per heavy atom. The van der Waals surface area contributed by atoms with E-state index in [9.17, 15) is 15.2 Å². The Balaban J connectivity index is 2.45. The SMILES string of the molecule is N#Cc1ccc(Oc2ccc(Cl)cc2CO)c([N+](=O)[O-])c1. The summed E-state index contributed by atoms with van der Waals surface area (Å²) in [6.07, 6.45) is 0. The van der Waals surface area contributed by atoms with Crippen LogP contribution in [0.5, 0.6) is 11.5 Å². The minimum Gasteiger partial charge on any atom is -0.450 e. The fourth-order valence-corrected chi connectivity index (χ4v) is 1.90. The summed E-state index contributed by atoms with van der Waals surface area (Å²) in [5.74, 6) is 0.241. The lowest BCUT2D eigenvalue weighted by molar-refractivity contribution is -0.385.